The van der Waals surface area contributed by atoms with Crippen LogP contribution in [0, 0.1) is 5.92 Å². The first-order valence-corrected chi connectivity index (χ1v) is 4.59. The lowest BCUT2D eigenvalue weighted by Gasteiger charge is -2.41. The summed E-state index contributed by atoms with van der Waals surface area (Å²) in [6.07, 6.45) is -1.50. The van der Waals surface area contributed by atoms with E-state index in [4.69, 9.17) is 14.6 Å². The molecule has 0 aliphatic carbocycles. The highest BCUT2D eigenvalue weighted by molar-refractivity contribution is 4.89. The summed E-state index contributed by atoms with van der Waals surface area (Å²) >= 11 is 0. The summed E-state index contributed by atoms with van der Waals surface area (Å²) in [5, 5.41) is 18.6. The molecule has 1 saturated heterocycles. The molecule has 5 atom stereocenters. The first kappa shape index (κ1) is 10.9. The number of aliphatic hydroxyl groups excluding tert-OH is 2. The van der Waals surface area contributed by atoms with Crippen molar-refractivity contribution in [3.63, 3.8) is 0 Å². The summed E-state index contributed by atoms with van der Waals surface area (Å²) in [6, 6.07) is 0. The maximum absolute atomic E-state index is 9.71. The van der Waals surface area contributed by atoms with Crippen molar-refractivity contribution in [2.75, 3.05) is 13.7 Å². The van der Waals surface area contributed by atoms with Crippen LogP contribution in [0.15, 0.2) is 0 Å². The molecule has 0 spiro atoms. The molecule has 1 rings (SSSR count). The van der Waals surface area contributed by atoms with Crippen LogP contribution in [-0.2, 0) is 9.47 Å². The van der Waals surface area contributed by atoms with Crippen LogP contribution in [-0.4, -0.2) is 48.3 Å². The van der Waals surface area contributed by atoms with Crippen LogP contribution in [0.4, 0.5) is 0 Å². The van der Waals surface area contributed by atoms with E-state index in [0.29, 0.717) is 0 Å². The lowest BCUT2D eigenvalue weighted by atomic mass is 9.89. The van der Waals surface area contributed by atoms with Crippen molar-refractivity contribution in [2.24, 2.45) is 5.92 Å². The van der Waals surface area contributed by atoms with Gasteiger partial charge in [-0.05, 0) is 6.92 Å². The molecule has 0 saturated carbocycles. The first-order chi connectivity index (χ1) is 6.11. The van der Waals surface area contributed by atoms with Gasteiger partial charge in [0.2, 0.25) is 0 Å². The van der Waals surface area contributed by atoms with Crippen LogP contribution in [0.25, 0.3) is 0 Å². The summed E-state index contributed by atoms with van der Waals surface area (Å²) in [7, 11) is 1.57. The average molecular weight is 190 g/mol. The fraction of sp³-hybridized carbons (Fsp3) is 1.00. The Bertz CT molecular complexity index is 162. The molecule has 0 amide bonds. The molecule has 0 aromatic rings. The zero-order valence-electron chi connectivity index (χ0n) is 8.30. The molecular weight excluding hydrogens is 172 g/mol. The standard InChI is InChI=1S/C9H18O4/c1-5-6(2)13-7(4-10)8(11)9(5)12-3/h5-11H,4H2,1-3H3/t5?,6-,7?,8-,9+/m0/s1. The number of hydrogen-bond donors (Lipinski definition) is 2. The Morgan fingerprint density at radius 3 is 2.46 bits per heavy atom. The van der Waals surface area contributed by atoms with Gasteiger partial charge in [-0.1, -0.05) is 6.92 Å². The normalized spacial score (nSPS) is 46.4. The Morgan fingerprint density at radius 1 is 1.38 bits per heavy atom. The summed E-state index contributed by atoms with van der Waals surface area (Å²) in [4.78, 5) is 0. The van der Waals surface area contributed by atoms with Gasteiger partial charge in [0.25, 0.3) is 0 Å². The highest BCUT2D eigenvalue weighted by Gasteiger charge is 2.40. The van der Waals surface area contributed by atoms with Crippen molar-refractivity contribution < 1.29 is 19.7 Å². The third-order valence-electron chi connectivity index (χ3n) is 2.82. The van der Waals surface area contributed by atoms with E-state index >= 15 is 0 Å². The molecule has 1 heterocycles. The van der Waals surface area contributed by atoms with Gasteiger partial charge in [-0.3, -0.25) is 0 Å². The molecule has 0 bridgehead atoms. The second-order valence-corrected chi connectivity index (χ2v) is 3.61. The Morgan fingerprint density at radius 2 is 2.00 bits per heavy atom. The Labute approximate surface area is 78.5 Å². The zero-order chi connectivity index (χ0) is 10.0. The van der Waals surface area contributed by atoms with Crippen molar-refractivity contribution in [1.82, 2.24) is 0 Å². The molecule has 13 heavy (non-hydrogen) atoms. The molecule has 2 unspecified atom stereocenters. The van der Waals surface area contributed by atoms with Crippen molar-refractivity contribution in [2.45, 2.75) is 38.3 Å². The van der Waals surface area contributed by atoms with Gasteiger partial charge in [0, 0.05) is 13.0 Å². The van der Waals surface area contributed by atoms with E-state index in [9.17, 15) is 5.11 Å². The van der Waals surface area contributed by atoms with Crippen molar-refractivity contribution in [1.29, 1.82) is 0 Å². The molecule has 1 fully saturated rings. The first-order valence-electron chi connectivity index (χ1n) is 4.59. The quantitative estimate of drug-likeness (QED) is 0.632. The Balaban J connectivity index is 2.69. The summed E-state index contributed by atoms with van der Waals surface area (Å²) in [6.45, 7) is 3.72. The minimum absolute atomic E-state index is 0.00509. The van der Waals surface area contributed by atoms with Crippen molar-refractivity contribution in [3.8, 4) is 0 Å². The van der Waals surface area contributed by atoms with E-state index in [0.717, 1.165) is 0 Å². The molecule has 78 valence electrons. The number of ether oxygens (including phenoxy) is 2. The highest BCUT2D eigenvalue weighted by Crippen LogP contribution is 2.27. The fourth-order valence-electron chi connectivity index (χ4n) is 1.77. The number of hydrogen-bond acceptors (Lipinski definition) is 4. The maximum atomic E-state index is 9.71. The largest absolute Gasteiger partial charge is 0.394 e. The second kappa shape index (κ2) is 4.37. The van der Waals surface area contributed by atoms with Gasteiger partial charge < -0.3 is 19.7 Å². The maximum Gasteiger partial charge on any atom is 0.109 e. The van der Waals surface area contributed by atoms with Crippen LogP contribution in [0.3, 0.4) is 0 Å². The van der Waals surface area contributed by atoms with Crippen LogP contribution >= 0.6 is 0 Å². The number of methoxy groups -OCH3 is 1. The van der Waals surface area contributed by atoms with Gasteiger partial charge in [-0.2, -0.15) is 0 Å². The monoisotopic (exact) mass is 190 g/mol. The van der Waals surface area contributed by atoms with Gasteiger partial charge in [-0.25, -0.2) is 0 Å². The van der Waals surface area contributed by atoms with E-state index < -0.39 is 12.2 Å². The van der Waals surface area contributed by atoms with Gasteiger partial charge >= 0.3 is 0 Å². The van der Waals surface area contributed by atoms with Crippen LogP contribution in [0.1, 0.15) is 13.8 Å². The SMILES string of the molecule is CO[C@@H]1C(C)[C@H](C)OC(CO)[C@@H]1O. The summed E-state index contributed by atoms with van der Waals surface area (Å²) in [5.74, 6) is 0.141. The second-order valence-electron chi connectivity index (χ2n) is 3.61. The molecular formula is C9H18O4. The zero-order valence-corrected chi connectivity index (χ0v) is 8.30. The lowest BCUT2D eigenvalue weighted by molar-refractivity contribution is -0.207. The summed E-state index contributed by atoms with van der Waals surface area (Å²) < 4.78 is 10.6. The highest BCUT2D eigenvalue weighted by atomic mass is 16.5. The third-order valence-corrected chi connectivity index (χ3v) is 2.82. The summed E-state index contributed by atoms with van der Waals surface area (Å²) in [5.41, 5.74) is 0. The van der Waals surface area contributed by atoms with Crippen molar-refractivity contribution >= 4 is 0 Å². The van der Waals surface area contributed by atoms with Crippen LogP contribution in [0.5, 0.6) is 0 Å². The van der Waals surface area contributed by atoms with E-state index in [1.807, 2.05) is 13.8 Å². The molecule has 0 aromatic heterocycles. The molecule has 1 aliphatic rings. The molecule has 2 N–H and O–H groups in total. The van der Waals surface area contributed by atoms with Gasteiger partial charge in [0.1, 0.15) is 12.2 Å². The van der Waals surface area contributed by atoms with Gasteiger partial charge in [0.15, 0.2) is 0 Å². The third kappa shape index (κ3) is 2.02. The molecule has 0 radical (unpaired) electrons. The molecule has 0 aromatic carbocycles. The van der Waals surface area contributed by atoms with Gasteiger partial charge in [-0.15, -0.1) is 0 Å². The lowest BCUT2D eigenvalue weighted by Crippen LogP contribution is -2.54. The minimum atomic E-state index is -0.735. The predicted molar refractivity (Wildman–Crippen MR) is 47.4 cm³/mol. The van der Waals surface area contributed by atoms with Gasteiger partial charge in [0.05, 0.1) is 18.8 Å². The topological polar surface area (TPSA) is 58.9 Å². The molecule has 1 aliphatic heterocycles. The van der Waals surface area contributed by atoms with E-state index in [1.165, 1.54) is 0 Å². The number of aliphatic hydroxyl groups is 2. The van der Waals surface area contributed by atoms with E-state index in [1.54, 1.807) is 7.11 Å². The van der Waals surface area contributed by atoms with Crippen LogP contribution < -0.4 is 0 Å². The fourth-order valence-corrected chi connectivity index (χ4v) is 1.77. The average Bonchev–Trinajstić information content (AvgIpc) is 2.12. The predicted octanol–water partition coefficient (Wildman–Crippen LogP) is -0.222. The van der Waals surface area contributed by atoms with E-state index in [2.05, 4.69) is 0 Å². The smallest absolute Gasteiger partial charge is 0.109 e. The minimum Gasteiger partial charge on any atom is -0.394 e. The number of rotatable bonds is 2. The van der Waals surface area contributed by atoms with Crippen LogP contribution in [0.2, 0.25) is 0 Å². The van der Waals surface area contributed by atoms with E-state index in [-0.39, 0.29) is 24.7 Å². The molecule has 4 heteroatoms. The molecule has 4 nitrogen and oxygen atoms in total. The Kier molecular flexibility index (Phi) is 3.67. The Hall–Kier alpha value is -0.160. The van der Waals surface area contributed by atoms with Crippen molar-refractivity contribution in [3.05, 3.63) is 0 Å².